The van der Waals surface area contributed by atoms with E-state index in [2.05, 4.69) is 19.2 Å². The molecule has 0 aromatic heterocycles. The normalized spacial score (nSPS) is 14.4. The lowest BCUT2D eigenvalue weighted by Crippen LogP contribution is -2.54. The largest absolute Gasteiger partial charge is 0.352 e. The van der Waals surface area contributed by atoms with Gasteiger partial charge in [-0.15, -0.1) is 0 Å². The molecule has 0 bridgehead atoms. The van der Waals surface area contributed by atoms with Gasteiger partial charge >= 0.3 is 0 Å². The molecule has 43 heavy (non-hydrogen) atoms. The van der Waals surface area contributed by atoms with Gasteiger partial charge in [0.05, 0.1) is 10.6 Å². The second-order valence-electron chi connectivity index (χ2n) is 11.8. The highest BCUT2D eigenvalue weighted by Crippen LogP contribution is 2.27. The molecule has 1 saturated carbocycles. The van der Waals surface area contributed by atoms with E-state index in [1.165, 1.54) is 4.31 Å². The van der Waals surface area contributed by atoms with Crippen molar-refractivity contribution in [2.45, 2.75) is 89.1 Å². The first kappa shape index (κ1) is 32.3. The van der Waals surface area contributed by atoms with Crippen LogP contribution in [0.15, 0.2) is 83.8 Å². The molecule has 0 heterocycles. The molecule has 2 amide bonds. The number of sulfonamides is 1. The minimum Gasteiger partial charge on any atom is -0.352 e. The summed E-state index contributed by atoms with van der Waals surface area (Å²) in [5, 5.41) is 3.16. The zero-order valence-corrected chi connectivity index (χ0v) is 26.6. The van der Waals surface area contributed by atoms with Gasteiger partial charge in [0.25, 0.3) is 10.0 Å². The molecule has 3 aromatic carbocycles. The van der Waals surface area contributed by atoms with Gasteiger partial charge in [0.1, 0.15) is 12.6 Å². The number of amides is 2. The van der Waals surface area contributed by atoms with Crippen molar-refractivity contribution < 1.29 is 18.0 Å². The number of aryl methyl sites for hydroxylation is 1. The SMILES string of the molecule is CCC(C(=O)NC1CCCC1)N(CCc1ccccc1)C(=O)CN(c1ccc(C(C)C)cc1)S(=O)(=O)c1ccc(C)cc1. The molecule has 1 unspecified atom stereocenters. The van der Waals surface area contributed by atoms with Gasteiger partial charge in [0.2, 0.25) is 11.8 Å². The number of hydrogen-bond donors (Lipinski definition) is 1. The smallest absolute Gasteiger partial charge is 0.264 e. The fourth-order valence-electron chi connectivity index (χ4n) is 5.66. The highest BCUT2D eigenvalue weighted by molar-refractivity contribution is 7.92. The minimum absolute atomic E-state index is 0.112. The Labute approximate surface area is 257 Å². The van der Waals surface area contributed by atoms with Gasteiger partial charge in [-0.1, -0.05) is 93.8 Å². The van der Waals surface area contributed by atoms with E-state index in [0.29, 0.717) is 25.1 Å². The molecular weight excluding hydrogens is 558 g/mol. The standard InChI is InChI=1S/C35H45N3O4S/c1-5-33(35(40)36-30-13-9-10-14-30)37(24-23-28-11-7-6-8-12-28)34(39)25-38(31-19-17-29(18-20-31)26(2)3)43(41,42)32-21-15-27(4)16-22-32/h6-8,11-12,15-22,26,30,33H,5,9-10,13-14,23-25H2,1-4H3,(H,36,40). The minimum atomic E-state index is -4.09. The van der Waals surface area contributed by atoms with Crippen LogP contribution in [0, 0.1) is 6.92 Å². The maximum absolute atomic E-state index is 14.2. The van der Waals surface area contributed by atoms with E-state index in [0.717, 1.165) is 42.4 Å². The average Bonchev–Trinajstić information content (AvgIpc) is 3.51. The average molecular weight is 604 g/mol. The van der Waals surface area contributed by atoms with Crippen LogP contribution in [0.4, 0.5) is 5.69 Å². The topological polar surface area (TPSA) is 86.8 Å². The third-order valence-corrected chi connectivity index (χ3v) is 10.1. The molecule has 0 saturated heterocycles. The number of nitrogens with zero attached hydrogens (tertiary/aromatic N) is 2. The molecule has 230 valence electrons. The van der Waals surface area contributed by atoms with Crippen LogP contribution < -0.4 is 9.62 Å². The molecule has 8 heteroatoms. The van der Waals surface area contributed by atoms with Crippen molar-refractivity contribution in [2.24, 2.45) is 0 Å². The number of rotatable bonds is 13. The van der Waals surface area contributed by atoms with Gasteiger partial charge in [0, 0.05) is 12.6 Å². The van der Waals surface area contributed by atoms with Crippen molar-refractivity contribution in [1.82, 2.24) is 10.2 Å². The molecular formula is C35H45N3O4S. The molecule has 1 atom stereocenters. The summed E-state index contributed by atoms with van der Waals surface area (Å²) in [6, 6.07) is 23.2. The predicted octanol–water partition coefficient (Wildman–Crippen LogP) is 6.22. The predicted molar refractivity (Wildman–Crippen MR) is 173 cm³/mol. The Morgan fingerprint density at radius 3 is 2.12 bits per heavy atom. The van der Waals surface area contributed by atoms with Crippen LogP contribution in [0.1, 0.15) is 75.5 Å². The third kappa shape index (κ3) is 8.25. The van der Waals surface area contributed by atoms with Crippen molar-refractivity contribution in [3.8, 4) is 0 Å². The first-order chi connectivity index (χ1) is 20.6. The van der Waals surface area contributed by atoms with Gasteiger partial charge < -0.3 is 10.2 Å². The van der Waals surface area contributed by atoms with Crippen LogP contribution in [0.3, 0.4) is 0 Å². The molecule has 3 aromatic rings. The molecule has 4 rings (SSSR count). The number of carbonyl (C=O) groups excluding carboxylic acids is 2. The molecule has 0 aliphatic heterocycles. The van der Waals surface area contributed by atoms with E-state index < -0.39 is 28.5 Å². The van der Waals surface area contributed by atoms with E-state index in [4.69, 9.17) is 0 Å². The van der Waals surface area contributed by atoms with E-state index in [1.54, 1.807) is 41.3 Å². The van der Waals surface area contributed by atoms with Crippen molar-refractivity contribution in [3.05, 3.63) is 95.6 Å². The molecule has 1 aliphatic carbocycles. The summed E-state index contributed by atoms with van der Waals surface area (Å²) >= 11 is 0. The number of anilines is 1. The third-order valence-electron chi connectivity index (χ3n) is 8.31. The second kappa shape index (κ2) is 14.7. The van der Waals surface area contributed by atoms with Crippen LogP contribution in [0.5, 0.6) is 0 Å². The number of hydrogen-bond acceptors (Lipinski definition) is 4. The second-order valence-corrected chi connectivity index (χ2v) is 13.7. The van der Waals surface area contributed by atoms with E-state index in [9.17, 15) is 18.0 Å². The summed E-state index contributed by atoms with van der Waals surface area (Å²) in [5.74, 6) is -0.312. The fourth-order valence-corrected chi connectivity index (χ4v) is 7.07. The van der Waals surface area contributed by atoms with Crippen LogP contribution >= 0.6 is 0 Å². The Kier molecular flexibility index (Phi) is 11.0. The Morgan fingerprint density at radius 2 is 1.53 bits per heavy atom. The van der Waals surface area contributed by atoms with Crippen molar-refractivity contribution in [3.63, 3.8) is 0 Å². The Hall–Kier alpha value is -3.65. The lowest BCUT2D eigenvalue weighted by atomic mass is 10.0. The zero-order valence-electron chi connectivity index (χ0n) is 25.8. The highest BCUT2D eigenvalue weighted by Gasteiger charge is 2.34. The van der Waals surface area contributed by atoms with Gasteiger partial charge in [-0.25, -0.2) is 8.42 Å². The van der Waals surface area contributed by atoms with Crippen LogP contribution in [-0.2, 0) is 26.0 Å². The molecule has 1 aliphatic rings. The van der Waals surface area contributed by atoms with E-state index in [-0.39, 0.29) is 22.8 Å². The summed E-state index contributed by atoms with van der Waals surface area (Å²) in [6.45, 7) is 7.82. The summed E-state index contributed by atoms with van der Waals surface area (Å²) < 4.78 is 29.3. The summed E-state index contributed by atoms with van der Waals surface area (Å²) in [7, 11) is -4.09. The van der Waals surface area contributed by atoms with Gasteiger partial charge in [-0.05, 0) is 73.9 Å². The molecule has 1 fully saturated rings. The Morgan fingerprint density at radius 1 is 0.907 bits per heavy atom. The molecule has 0 spiro atoms. The maximum atomic E-state index is 14.2. The van der Waals surface area contributed by atoms with Crippen molar-refractivity contribution in [1.29, 1.82) is 0 Å². The fraction of sp³-hybridized carbons (Fsp3) is 0.429. The van der Waals surface area contributed by atoms with Crippen LogP contribution in [-0.4, -0.2) is 50.3 Å². The summed E-state index contributed by atoms with van der Waals surface area (Å²) in [4.78, 5) is 29.5. The quantitative estimate of drug-likeness (QED) is 0.251. The molecule has 7 nitrogen and oxygen atoms in total. The number of carbonyl (C=O) groups is 2. The number of nitrogens with one attached hydrogen (secondary N) is 1. The Bertz CT molecular complexity index is 1450. The van der Waals surface area contributed by atoms with Crippen molar-refractivity contribution >= 4 is 27.5 Å². The highest BCUT2D eigenvalue weighted by atomic mass is 32.2. The zero-order chi connectivity index (χ0) is 31.0. The summed E-state index contributed by atoms with van der Waals surface area (Å²) in [6.07, 6.45) is 5.02. The number of benzene rings is 3. The van der Waals surface area contributed by atoms with E-state index >= 15 is 0 Å². The maximum Gasteiger partial charge on any atom is 0.264 e. The first-order valence-corrected chi connectivity index (χ1v) is 16.9. The molecule has 0 radical (unpaired) electrons. The lowest BCUT2D eigenvalue weighted by molar-refractivity contribution is -0.139. The van der Waals surface area contributed by atoms with Gasteiger partial charge in [0.15, 0.2) is 0 Å². The Balaban J connectivity index is 1.68. The van der Waals surface area contributed by atoms with E-state index in [1.807, 2.05) is 56.3 Å². The summed E-state index contributed by atoms with van der Waals surface area (Å²) in [5.41, 5.74) is 3.46. The first-order valence-electron chi connectivity index (χ1n) is 15.4. The van der Waals surface area contributed by atoms with Gasteiger partial charge in [-0.2, -0.15) is 0 Å². The van der Waals surface area contributed by atoms with Crippen LogP contribution in [0.25, 0.3) is 0 Å². The monoisotopic (exact) mass is 603 g/mol. The van der Waals surface area contributed by atoms with Crippen LogP contribution in [0.2, 0.25) is 0 Å². The lowest BCUT2D eigenvalue weighted by Gasteiger charge is -2.34. The van der Waals surface area contributed by atoms with Gasteiger partial charge in [-0.3, -0.25) is 13.9 Å². The van der Waals surface area contributed by atoms with Crippen molar-refractivity contribution in [2.75, 3.05) is 17.4 Å². The molecule has 1 N–H and O–H groups in total.